The maximum atomic E-state index is 13.8. The highest BCUT2D eigenvalue weighted by atomic mass is 35.5. The Kier molecular flexibility index (Phi) is 4.89. The first-order valence-corrected chi connectivity index (χ1v) is 5.78. The number of carbonyl (C=O) groups is 2. The first-order valence-electron chi connectivity index (χ1n) is 5.78. The van der Waals surface area contributed by atoms with Gasteiger partial charge in [-0.15, -0.1) is 12.4 Å². The van der Waals surface area contributed by atoms with Crippen LogP contribution in [0.5, 0.6) is 0 Å². The lowest BCUT2D eigenvalue weighted by Crippen LogP contribution is -2.30. The van der Waals surface area contributed by atoms with Crippen molar-refractivity contribution in [1.29, 1.82) is 0 Å². The van der Waals surface area contributed by atoms with Crippen LogP contribution in [-0.4, -0.2) is 35.0 Å². The third-order valence-electron chi connectivity index (χ3n) is 3.25. The molecular weight excluding hydrogens is 273 g/mol. The molecule has 0 aliphatic carbocycles. The number of likely N-dealkylation sites (tertiary alicyclic amines) is 1. The van der Waals surface area contributed by atoms with Crippen molar-refractivity contribution in [2.24, 2.45) is 5.92 Å². The number of carbonyl (C=O) groups excluding carboxylic acids is 1. The number of benzene rings is 1. The molecule has 1 amide bonds. The van der Waals surface area contributed by atoms with Crippen LogP contribution < -0.4 is 0 Å². The predicted molar refractivity (Wildman–Crippen MR) is 70.0 cm³/mol. The summed E-state index contributed by atoms with van der Waals surface area (Å²) in [4.78, 5) is 24.3. The third kappa shape index (κ3) is 3.04. The van der Waals surface area contributed by atoms with E-state index in [0.29, 0.717) is 18.5 Å². The fourth-order valence-corrected chi connectivity index (χ4v) is 2.13. The van der Waals surface area contributed by atoms with Crippen LogP contribution in [-0.2, 0) is 4.79 Å². The van der Waals surface area contributed by atoms with Gasteiger partial charge in [0.2, 0.25) is 0 Å². The first-order chi connectivity index (χ1) is 8.50. The Morgan fingerprint density at radius 3 is 2.68 bits per heavy atom. The van der Waals surface area contributed by atoms with Crippen LogP contribution in [0.2, 0.25) is 0 Å². The standard InChI is InChI=1S/C13H14FNO3.ClH/c1-8-3-2-4-10(11(8)14)12(16)15-6-5-9(7-15)13(17)18;/h2-4,9H,5-7H2,1H3,(H,17,18);1H. The average Bonchev–Trinajstić information content (AvgIpc) is 2.81. The Bertz CT molecular complexity index is 507. The largest absolute Gasteiger partial charge is 0.481 e. The molecule has 2 rings (SSSR count). The van der Waals surface area contributed by atoms with Crippen molar-refractivity contribution in [3.63, 3.8) is 0 Å². The van der Waals surface area contributed by atoms with Gasteiger partial charge in [-0.2, -0.15) is 0 Å². The van der Waals surface area contributed by atoms with Gasteiger partial charge in [0.1, 0.15) is 5.82 Å². The highest BCUT2D eigenvalue weighted by Crippen LogP contribution is 2.21. The number of aliphatic carboxylic acids is 1. The summed E-state index contributed by atoms with van der Waals surface area (Å²) in [5.41, 5.74) is 0.427. The molecule has 1 atom stereocenters. The molecule has 1 saturated heterocycles. The fraction of sp³-hybridized carbons (Fsp3) is 0.385. The molecule has 1 N–H and O–H groups in total. The Labute approximate surface area is 116 Å². The molecule has 1 aliphatic rings. The highest BCUT2D eigenvalue weighted by Gasteiger charge is 2.32. The van der Waals surface area contributed by atoms with Crippen molar-refractivity contribution in [2.45, 2.75) is 13.3 Å². The Morgan fingerprint density at radius 2 is 2.11 bits per heavy atom. The second-order valence-corrected chi connectivity index (χ2v) is 4.51. The molecule has 0 spiro atoms. The van der Waals surface area contributed by atoms with Gasteiger partial charge in [-0.1, -0.05) is 12.1 Å². The zero-order chi connectivity index (χ0) is 13.3. The molecule has 0 saturated carbocycles. The molecule has 104 valence electrons. The van der Waals surface area contributed by atoms with E-state index in [1.807, 2.05) is 0 Å². The lowest BCUT2D eigenvalue weighted by Gasteiger charge is -2.16. The van der Waals surface area contributed by atoms with Crippen molar-refractivity contribution >= 4 is 24.3 Å². The summed E-state index contributed by atoms with van der Waals surface area (Å²) in [6.45, 7) is 2.11. The van der Waals surface area contributed by atoms with E-state index in [0.717, 1.165) is 0 Å². The SMILES string of the molecule is Cc1cccc(C(=O)N2CCC(C(=O)O)C2)c1F.Cl. The molecule has 1 aromatic rings. The average molecular weight is 288 g/mol. The van der Waals surface area contributed by atoms with Crippen LogP contribution in [0.25, 0.3) is 0 Å². The fourth-order valence-electron chi connectivity index (χ4n) is 2.13. The molecule has 1 aliphatic heterocycles. The number of halogens is 2. The normalized spacial score (nSPS) is 18.0. The molecule has 19 heavy (non-hydrogen) atoms. The van der Waals surface area contributed by atoms with Gasteiger partial charge in [-0.25, -0.2) is 4.39 Å². The van der Waals surface area contributed by atoms with Gasteiger partial charge in [-0.05, 0) is 25.0 Å². The molecule has 1 aromatic carbocycles. The summed E-state index contributed by atoms with van der Waals surface area (Å²) in [5.74, 6) is -2.40. The van der Waals surface area contributed by atoms with Crippen LogP contribution in [0, 0.1) is 18.7 Å². The van der Waals surface area contributed by atoms with Crippen molar-refractivity contribution in [2.75, 3.05) is 13.1 Å². The first kappa shape index (κ1) is 15.4. The lowest BCUT2D eigenvalue weighted by molar-refractivity contribution is -0.141. The molecular formula is C13H15ClFNO3. The molecule has 4 nitrogen and oxygen atoms in total. The second-order valence-electron chi connectivity index (χ2n) is 4.51. The molecule has 1 heterocycles. The minimum absolute atomic E-state index is 0. The summed E-state index contributed by atoms with van der Waals surface area (Å²) in [5, 5.41) is 8.87. The van der Waals surface area contributed by atoms with Crippen LogP contribution in [0.1, 0.15) is 22.3 Å². The molecule has 0 aromatic heterocycles. The van der Waals surface area contributed by atoms with Crippen LogP contribution in [0.4, 0.5) is 4.39 Å². The van der Waals surface area contributed by atoms with E-state index in [2.05, 4.69) is 0 Å². The number of amides is 1. The van der Waals surface area contributed by atoms with Crippen molar-refractivity contribution in [3.05, 3.63) is 35.1 Å². The van der Waals surface area contributed by atoms with Crippen molar-refractivity contribution < 1.29 is 19.1 Å². The Hall–Kier alpha value is -1.62. The van der Waals surface area contributed by atoms with Gasteiger partial charge in [0.25, 0.3) is 5.91 Å². The van der Waals surface area contributed by atoms with Gasteiger partial charge in [0, 0.05) is 13.1 Å². The third-order valence-corrected chi connectivity index (χ3v) is 3.25. The topological polar surface area (TPSA) is 57.6 Å². The number of nitrogens with zero attached hydrogens (tertiary/aromatic N) is 1. The zero-order valence-electron chi connectivity index (χ0n) is 10.4. The van der Waals surface area contributed by atoms with Gasteiger partial charge in [0.05, 0.1) is 11.5 Å². The Morgan fingerprint density at radius 1 is 1.42 bits per heavy atom. The molecule has 0 bridgehead atoms. The van der Waals surface area contributed by atoms with Gasteiger partial charge in [0.15, 0.2) is 0 Å². The van der Waals surface area contributed by atoms with Crippen molar-refractivity contribution in [3.8, 4) is 0 Å². The number of aryl methyl sites for hydroxylation is 1. The molecule has 1 fully saturated rings. The predicted octanol–water partition coefficient (Wildman–Crippen LogP) is 2.10. The van der Waals surface area contributed by atoms with Gasteiger partial charge >= 0.3 is 5.97 Å². The summed E-state index contributed by atoms with van der Waals surface area (Å²) in [7, 11) is 0. The Balaban J connectivity index is 0.00000180. The minimum Gasteiger partial charge on any atom is -0.481 e. The number of carboxylic acid groups (broad SMARTS) is 1. The molecule has 6 heteroatoms. The maximum Gasteiger partial charge on any atom is 0.308 e. The van der Waals surface area contributed by atoms with Crippen LogP contribution >= 0.6 is 12.4 Å². The van der Waals surface area contributed by atoms with Crippen LogP contribution in [0.15, 0.2) is 18.2 Å². The van der Waals surface area contributed by atoms with E-state index >= 15 is 0 Å². The monoisotopic (exact) mass is 287 g/mol. The van der Waals surface area contributed by atoms with Gasteiger partial charge < -0.3 is 10.0 Å². The number of rotatable bonds is 2. The molecule has 1 unspecified atom stereocenters. The smallest absolute Gasteiger partial charge is 0.308 e. The van der Waals surface area contributed by atoms with E-state index in [9.17, 15) is 14.0 Å². The van der Waals surface area contributed by atoms with E-state index in [-0.39, 0.29) is 24.5 Å². The lowest BCUT2D eigenvalue weighted by atomic mass is 10.1. The summed E-state index contributed by atoms with van der Waals surface area (Å²) < 4.78 is 13.8. The van der Waals surface area contributed by atoms with Crippen LogP contribution in [0.3, 0.4) is 0 Å². The summed E-state index contributed by atoms with van der Waals surface area (Å²) >= 11 is 0. The zero-order valence-corrected chi connectivity index (χ0v) is 11.2. The number of carboxylic acids is 1. The van der Waals surface area contributed by atoms with E-state index in [1.165, 1.54) is 11.0 Å². The number of hydrogen-bond acceptors (Lipinski definition) is 2. The van der Waals surface area contributed by atoms with E-state index in [1.54, 1.807) is 19.1 Å². The summed E-state index contributed by atoms with van der Waals surface area (Å²) in [6.07, 6.45) is 0.425. The van der Waals surface area contributed by atoms with E-state index in [4.69, 9.17) is 5.11 Å². The highest BCUT2D eigenvalue weighted by molar-refractivity contribution is 5.95. The quantitative estimate of drug-likeness (QED) is 0.906. The minimum atomic E-state index is -0.907. The summed E-state index contributed by atoms with van der Waals surface area (Å²) in [6, 6.07) is 4.64. The maximum absolute atomic E-state index is 13.8. The van der Waals surface area contributed by atoms with Gasteiger partial charge in [-0.3, -0.25) is 9.59 Å². The number of hydrogen-bond donors (Lipinski definition) is 1. The van der Waals surface area contributed by atoms with Crippen molar-refractivity contribution in [1.82, 2.24) is 4.90 Å². The molecule has 0 radical (unpaired) electrons. The van der Waals surface area contributed by atoms with E-state index < -0.39 is 23.6 Å². The second kappa shape index (κ2) is 6.02.